The van der Waals surface area contributed by atoms with E-state index >= 15 is 0 Å². The maximum atomic E-state index is 5.98. The number of unbranched alkanes of at least 4 members (excludes halogenated alkanes) is 24. The van der Waals surface area contributed by atoms with Crippen molar-refractivity contribution < 1.29 is 14.2 Å². The van der Waals surface area contributed by atoms with Gasteiger partial charge in [0.1, 0.15) is 13.2 Å². The van der Waals surface area contributed by atoms with Crippen molar-refractivity contribution in [3.05, 3.63) is 219 Å². The topological polar surface area (TPSA) is 27.7 Å². The summed E-state index contributed by atoms with van der Waals surface area (Å²) < 4.78 is 17.6. The van der Waals surface area contributed by atoms with Gasteiger partial charge in [-0.1, -0.05) is 338 Å². The lowest BCUT2D eigenvalue weighted by atomic mass is 10.1. The molecule has 0 saturated carbocycles. The zero-order chi connectivity index (χ0) is 51.7. The summed E-state index contributed by atoms with van der Waals surface area (Å²) in [5.74, 6) is 0. The van der Waals surface area contributed by atoms with Gasteiger partial charge in [-0.15, -0.1) is 0 Å². The predicted octanol–water partition coefficient (Wildman–Crippen LogP) is 21.9. The molecule has 0 aromatic rings. The second-order valence-electron chi connectivity index (χ2n) is 18.1. The van der Waals surface area contributed by atoms with E-state index in [0.717, 1.165) is 19.3 Å². The average Bonchev–Trinajstić information content (AvgIpc) is 3.39. The molecule has 0 amide bonds. The fourth-order valence-electron chi connectivity index (χ4n) is 7.11. The highest BCUT2D eigenvalue weighted by atomic mass is 16.6. The highest BCUT2D eigenvalue weighted by Gasteiger charge is 2.08. The van der Waals surface area contributed by atoms with Crippen LogP contribution in [0.15, 0.2) is 219 Å². The van der Waals surface area contributed by atoms with Gasteiger partial charge in [0.2, 0.25) is 0 Å². The SMILES string of the molecule is CCCCCCCCCCC=CC=CC=CC=CC=CC=COCC(COC=CC=CC=CC=CC=CC=CCCCCCCCCCC)OC=CC=CC=CC=CC=CC=CCCCCCCCCCC. The Labute approximate surface area is 444 Å². The van der Waals surface area contributed by atoms with Crippen molar-refractivity contribution >= 4 is 0 Å². The molecule has 0 fully saturated rings. The Balaban J connectivity index is 4.77. The molecule has 0 spiro atoms. The van der Waals surface area contributed by atoms with Crippen molar-refractivity contribution in [3.8, 4) is 0 Å². The zero-order valence-corrected chi connectivity index (χ0v) is 46.1. The Kier molecular flexibility index (Phi) is 59.1. The smallest absolute Gasteiger partial charge is 0.165 e. The number of allylic oxidation sites excluding steroid dienone is 33. The summed E-state index contributed by atoms with van der Waals surface area (Å²) in [6.07, 6.45) is 108. The van der Waals surface area contributed by atoms with Crippen molar-refractivity contribution in [2.75, 3.05) is 13.2 Å². The number of ether oxygens (including phenoxy) is 3. The minimum atomic E-state index is -0.299. The molecule has 0 atom stereocenters. The number of hydrogen-bond acceptors (Lipinski definition) is 3. The fourth-order valence-corrected chi connectivity index (χ4v) is 7.11. The Hall–Kier alpha value is -5.28. The van der Waals surface area contributed by atoms with E-state index in [1.165, 1.54) is 154 Å². The molecule has 0 unspecified atom stereocenters. The first-order chi connectivity index (χ1) is 35.8. The van der Waals surface area contributed by atoms with Gasteiger partial charge >= 0.3 is 0 Å². The quantitative estimate of drug-likeness (QED) is 0.0345. The van der Waals surface area contributed by atoms with Crippen LogP contribution in [0.5, 0.6) is 0 Å². The molecule has 72 heavy (non-hydrogen) atoms. The first-order valence-corrected chi connectivity index (χ1v) is 28.7. The van der Waals surface area contributed by atoms with E-state index in [1.54, 1.807) is 18.8 Å². The van der Waals surface area contributed by atoms with Gasteiger partial charge < -0.3 is 14.2 Å². The molecule has 0 aliphatic heterocycles. The van der Waals surface area contributed by atoms with Gasteiger partial charge in [0.15, 0.2) is 6.10 Å². The van der Waals surface area contributed by atoms with Gasteiger partial charge in [0.25, 0.3) is 0 Å². The lowest BCUT2D eigenvalue weighted by molar-refractivity contribution is 0.0211. The van der Waals surface area contributed by atoms with E-state index in [2.05, 4.69) is 93.7 Å². The zero-order valence-electron chi connectivity index (χ0n) is 46.1. The summed E-state index contributed by atoms with van der Waals surface area (Å²) in [4.78, 5) is 0. The molecule has 3 heteroatoms. The number of rotatable bonds is 50. The molecule has 0 aromatic heterocycles. The van der Waals surface area contributed by atoms with Crippen LogP contribution < -0.4 is 0 Å². The van der Waals surface area contributed by atoms with E-state index in [0.29, 0.717) is 13.2 Å². The minimum absolute atomic E-state index is 0.299. The Morgan fingerprint density at radius 1 is 0.222 bits per heavy atom. The predicted molar refractivity (Wildman–Crippen MR) is 323 cm³/mol. The maximum absolute atomic E-state index is 5.98. The van der Waals surface area contributed by atoms with Gasteiger partial charge in [-0.2, -0.15) is 0 Å². The normalized spacial score (nSPS) is 14.0. The Morgan fingerprint density at radius 3 is 0.694 bits per heavy atom. The second-order valence-corrected chi connectivity index (χ2v) is 18.1. The molecule has 0 bridgehead atoms. The molecular formula is C69H104O3. The summed E-state index contributed by atoms with van der Waals surface area (Å²) in [6, 6.07) is 0. The molecule has 0 aliphatic rings. The highest BCUT2D eigenvalue weighted by Crippen LogP contribution is 2.12. The third kappa shape index (κ3) is 60.8. The van der Waals surface area contributed by atoms with Crippen LogP contribution in [-0.2, 0) is 14.2 Å². The molecule has 0 aromatic carbocycles. The van der Waals surface area contributed by atoms with Crippen molar-refractivity contribution in [2.45, 2.75) is 200 Å². The molecule has 3 nitrogen and oxygen atoms in total. The average molecular weight is 982 g/mol. The second kappa shape index (κ2) is 63.7. The van der Waals surface area contributed by atoms with Crippen molar-refractivity contribution in [1.82, 2.24) is 0 Å². The van der Waals surface area contributed by atoms with Gasteiger partial charge in [-0.05, 0) is 56.8 Å². The molecular weight excluding hydrogens is 877 g/mol. The van der Waals surface area contributed by atoms with Crippen LogP contribution in [0.25, 0.3) is 0 Å². The third-order valence-electron chi connectivity index (χ3n) is 11.3. The van der Waals surface area contributed by atoms with Crippen molar-refractivity contribution in [1.29, 1.82) is 0 Å². The standard InChI is InChI=1S/C69H104O3/c1-4-7-10-13-16-19-22-25-28-31-34-37-40-43-46-49-52-55-58-61-64-70-67-69(72-66-63-60-57-54-51-48-45-42-39-36-33-30-27-24-21-18-15-12-9-6-3)68-71-65-62-59-56-53-50-47-44-41-38-35-32-29-26-23-20-17-14-11-8-5-2/h31-66,69H,4-30,67-68H2,1-3H3. The molecule has 0 rings (SSSR count). The Morgan fingerprint density at radius 2 is 0.431 bits per heavy atom. The molecule has 0 saturated heterocycles. The van der Waals surface area contributed by atoms with Crippen LogP contribution in [0.2, 0.25) is 0 Å². The van der Waals surface area contributed by atoms with E-state index in [4.69, 9.17) is 14.2 Å². The van der Waals surface area contributed by atoms with Gasteiger partial charge in [-0.3, -0.25) is 0 Å². The van der Waals surface area contributed by atoms with Gasteiger partial charge in [0, 0.05) is 0 Å². The molecule has 0 heterocycles. The largest absolute Gasteiger partial charge is 0.497 e. The monoisotopic (exact) mass is 981 g/mol. The van der Waals surface area contributed by atoms with Crippen LogP contribution in [0.1, 0.15) is 194 Å². The van der Waals surface area contributed by atoms with Gasteiger partial charge in [-0.25, -0.2) is 0 Å². The Bertz CT molecular complexity index is 1600. The molecule has 0 radical (unpaired) electrons. The van der Waals surface area contributed by atoms with Crippen LogP contribution in [0, 0.1) is 0 Å². The van der Waals surface area contributed by atoms with Crippen LogP contribution in [0.4, 0.5) is 0 Å². The first kappa shape index (κ1) is 66.7. The van der Waals surface area contributed by atoms with Crippen LogP contribution >= 0.6 is 0 Å². The summed E-state index contributed by atoms with van der Waals surface area (Å²) >= 11 is 0. The summed E-state index contributed by atoms with van der Waals surface area (Å²) in [5, 5.41) is 0. The van der Waals surface area contributed by atoms with Crippen LogP contribution in [-0.4, -0.2) is 19.3 Å². The summed E-state index contributed by atoms with van der Waals surface area (Å²) in [7, 11) is 0. The molecule has 0 aliphatic carbocycles. The lowest BCUT2D eigenvalue weighted by Crippen LogP contribution is -2.22. The van der Waals surface area contributed by atoms with Crippen LogP contribution in [0.3, 0.4) is 0 Å². The van der Waals surface area contributed by atoms with Crippen molar-refractivity contribution in [3.63, 3.8) is 0 Å². The van der Waals surface area contributed by atoms with E-state index in [1.807, 2.05) is 128 Å². The molecule has 0 N–H and O–H groups in total. The third-order valence-corrected chi connectivity index (χ3v) is 11.3. The minimum Gasteiger partial charge on any atom is -0.497 e. The van der Waals surface area contributed by atoms with E-state index in [-0.39, 0.29) is 6.10 Å². The van der Waals surface area contributed by atoms with Crippen molar-refractivity contribution in [2.24, 2.45) is 0 Å². The van der Waals surface area contributed by atoms with Gasteiger partial charge in [0.05, 0.1) is 18.8 Å². The lowest BCUT2D eigenvalue weighted by Gasteiger charge is -2.15. The van der Waals surface area contributed by atoms with E-state index in [9.17, 15) is 0 Å². The highest BCUT2D eigenvalue weighted by molar-refractivity contribution is 5.21. The number of hydrogen-bond donors (Lipinski definition) is 0. The maximum Gasteiger partial charge on any atom is 0.165 e. The summed E-state index contributed by atoms with van der Waals surface area (Å²) in [5.41, 5.74) is 0. The molecule has 398 valence electrons. The first-order valence-electron chi connectivity index (χ1n) is 28.7. The van der Waals surface area contributed by atoms with E-state index < -0.39 is 0 Å². The summed E-state index contributed by atoms with van der Waals surface area (Å²) in [6.45, 7) is 7.50. The fraction of sp³-hybridized carbons (Fsp3) is 0.478.